The summed E-state index contributed by atoms with van der Waals surface area (Å²) in [5, 5.41) is 0. The average molecular weight is 470 g/mol. The summed E-state index contributed by atoms with van der Waals surface area (Å²) in [5.41, 5.74) is 3.26. The highest BCUT2D eigenvalue weighted by atomic mass is 32.2. The number of benzene rings is 2. The quantitative estimate of drug-likeness (QED) is 0.470. The van der Waals surface area contributed by atoms with E-state index in [1.54, 1.807) is 0 Å². The molecule has 6 nitrogen and oxygen atoms in total. The van der Waals surface area contributed by atoms with E-state index in [0.29, 0.717) is 24.6 Å². The fourth-order valence-corrected chi connectivity index (χ4v) is 5.60. The van der Waals surface area contributed by atoms with Crippen molar-refractivity contribution in [3.8, 4) is 0 Å². The van der Waals surface area contributed by atoms with E-state index in [9.17, 15) is 9.59 Å². The van der Waals surface area contributed by atoms with Gasteiger partial charge in [-0.2, -0.15) is 4.99 Å². The van der Waals surface area contributed by atoms with Crippen LogP contribution in [0.4, 0.5) is 5.69 Å². The molecule has 32 heavy (non-hydrogen) atoms. The molecule has 0 aliphatic carbocycles. The summed E-state index contributed by atoms with van der Waals surface area (Å²) in [6, 6.07) is 16.1. The topological polar surface area (TPSA) is 63.9 Å². The van der Waals surface area contributed by atoms with Crippen molar-refractivity contribution in [2.45, 2.75) is 26.3 Å². The van der Waals surface area contributed by atoms with Gasteiger partial charge in [0.1, 0.15) is 0 Å². The molecule has 0 saturated carbocycles. The van der Waals surface area contributed by atoms with Crippen molar-refractivity contribution in [2.75, 3.05) is 36.2 Å². The minimum Gasteiger partial charge on any atom is -0.380 e. The van der Waals surface area contributed by atoms with E-state index in [1.807, 2.05) is 58.9 Å². The zero-order valence-electron chi connectivity index (χ0n) is 18.2. The number of amides is 2. The smallest absolute Gasteiger partial charge is 0.258 e. The molecular weight excluding hydrogens is 442 g/mol. The second-order valence-corrected chi connectivity index (χ2v) is 9.47. The number of hydrogen-bond donors (Lipinski definition) is 0. The number of carbonyl (C=O) groups excluding carboxylic acids is 2. The summed E-state index contributed by atoms with van der Waals surface area (Å²) in [6.07, 6.45) is 1.97. The maximum atomic E-state index is 12.8. The van der Waals surface area contributed by atoms with E-state index in [0.717, 1.165) is 35.3 Å². The Morgan fingerprint density at radius 3 is 2.81 bits per heavy atom. The number of anilines is 1. The summed E-state index contributed by atoms with van der Waals surface area (Å²) in [6.45, 7) is 4.56. The van der Waals surface area contributed by atoms with Gasteiger partial charge < -0.3 is 14.2 Å². The lowest BCUT2D eigenvalue weighted by molar-refractivity contribution is -0.116. The van der Waals surface area contributed by atoms with Gasteiger partial charge in [0.25, 0.3) is 5.91 Å². The Morgan fingerprint density at radius 1 is 1.12 bits per heavy atom. The third kappa shape index (κ3) is 5.31. The number of aryl methyl sites for hydroxylation is 1. The van der Waals surface area contributed by atoms with Crippen LogP contribution in [0.2, 0.25) is 0 Å². The molecule has 168 valence electrons. The van der Waals surface area contributed by atoms with Crippen LogP contribution in [0.3, 0.4) is 0 Å². The Morgan fingerprint density at radius 2 is 1.94 bits per heavy atom. The molecule has 2 aromatic carbocycles. The van der Waals surface area contributed by atoms with Crippen molar-refractivity contribution in [2.24, 2.45) is 4.99 Å². The fourth-order valence-electron chi connectivity index (χ4n) is 3.86. The molecule has 0 unspecified atom stereocenters. The van der Waals surface area contributed by atoms with Crippen molar-refractivity contribution in [3.05, 3.63) is 58.9 Å². The summed E-state index contributed by atoms with van der Waals surface area (Å²) < 4.78 is 8.62. The molecule has 1 aromatic heterocycles. The molecule has 0 N–H and O–H groups in total. The molecule has 2 heterocycles. The number of thioether (sulfide) groups is 1. The molecule has 3 aromatic rings. The van der Waals surface area contributed by atoms with Crippen molar-refractivity contribution in [3.63, 3.8) is 0 Å². The molecule has 0 atom stereocenters. The van der Waals surface area contributed by atoms with E-state index in [1.165, 1.54) is 28.7 Å². The van der Waals surface area contributed by atoms with Gasteiger partial charge in [0.05, 0.1) is 28.3 Å². The number of carbonyl (C=O) groups is 2. The molecular formula is C24H27N3O3S2. The van der Waals surface area contributed by atoms with Crippen molar-refractivity contribution in [1.82, 2.24) is 4.57 Å². The van der Waals surface area contributed by atoms with Gasteiger partial charge in [-0.15, -0.1) is 11.8 Å². The molecule has 2 amide bonds. The number of nitrogens with zero attached hydrogens (tertiary/aromatic N) is 3. The largest absolute Gasteiger partial charge is 0.380 e. The van der Waals surface area contributed by atoms with Crippen molar-refractivity contribution >= 4 is 50.8 Å². The molecule has 0 spiro atoms. The summed E-state index contributed by atoms with van der Waals surface area (Å²) in [5.74, 6) is 0.273. The Balaban J connectivity index is 1.40. The molecule has 4 rings (SSSR count). The van der Waals surface area contributed by atoms with Crippen LogP contribution in [0.25, 0.3) is 10.2 Å². The first kappa shape index (κ1) is 22.8. The zero-order valence-corrected chi connectivity index (χ0v) is 19.8. The number of aromatic nitrogens is 1. The van der Waals surface area contributed by atoms with Gasteiger partial charge >= 0.3 is 0 Å². The van der Waals surface area contributed by atoms with Crippen LogP contribution in [-0.2, 0) is 27.3 Å². The van der Waals surface area contributed by atoms with Gasteiger partial charge in [0.15, 0.2) is 4.80 Å². The Labute approximate surface area is 195 Å². The summed E-state index contributed by atoms with van der Waals surface area (Å²) >= 11 is 2.83. The van der Waals surface area contributed by atoms with E-state index < -0.39 is 0 Å². The number of ether oxygens (including phenoxy) is 1. The number of rotatable bonds is 8. The van der Waals surface area contributed by atoms with Crippen LogP contribution < -0.4 is 9.70 Å². The summed E-state index contributed by atoms with van der Waals surface area (Å²) in [4.78, 5) is 32.2. The number of thiazole rings is 1. The normalized spacial score (nSPS) is 14.0. The van der Waals surface area contributed by atoms with E-state index >= 15 is 0 Å². The SMILES string of the molecule is CCOCCn1c(=NC(=O)CSCC(=O)N2CCCc3ccccc32)sc2ccccc21. The fraction of sp³-hybridized carbons (Fsp3) is 0.375. The van der Waals surface area contributed by atoms with Gasteiger partial charge in [-0.1, -0.05) is 41.7 Å². The minimum atomic E-state index is -0.224. The maximum Gasteiger partial charge on any atom is 0.258 e. The van der Waals surface area contributed by atoms with Gasteiger partial charge in [-0.3, -0.25) is 9.59 Å². The first-order chi connectivity index (χ1) is 15.7. The van der Waals surface area contributed by atoms with Gasteiger partial charge in [0, 0.05) is 25.4 Å². The lowest BCUT2D eigenvalue weighted by Crippen LogP contribution is -2.36. The van der Waals surface area contributed by atoms with Crippen LogP contribution in [0.1, 0.15) is 18.9 Å². The highest BCUT2D eigenvalue weighted by Gasteiger charge is 2.22. The third-order valence-electron chi connectivity index (χ3n) is 5.33. The first-order valence-corrected chi connectivity index (χ1v) is 12.8. The van der Waals surface area contributed by atoms with Crippen LogP contribution in [0.5, 0.6) is 0 Å². The summed E-state index contributed by atoms with van der Waals surface area (Å²) in [7, 11) is 0. The van der Waals surface area contributed by atoms with E-state index in [4.69, 9.17) is 4.74 Å². The molecule has 0 radical (unpaired) electrons. The van der Waals surface area contributed by atoms with Crippen molar-refractivity contribution in [1.29, 1.82) is 0 Å². The highest BCUT2D eigenvalue weighted by Crippen LogP contribution is 2.27. The predicted molar refractivity (Wildman–Crippen MR) is 131 cm³/mol. The standard InChI is InChI=1S/C24H27N3O3S2/c1-2-30-15-14-27-20-11-5-6-12-21(20)32-24(27)25-22(28)16-31-17-23(29)26-13-7-9-18-8-3-4-10-19(18)26/h3-6,8,10-12H,2,7,9,13-17H2,1H3. The molecule has 8 heteroatoms. The first-order valence-electron chi connectivity index (χ1n) is 10.9. The molecule has 0 bridgehead atoms. The van der Waals surface area contributed by atoms with Crippen LogP contribution >= 0.6 is 23.1 Å². The van der Waals surface area contributed by atoms with E-state index in [2.05, 4.69) is 11.1 Å². The van der Waals surface area contributed by atoms with Gasteiger partial charge in [-0.25, -0.2) is 0 Å². The second kappa shape index (κ2) is 10.9. The molecule has 1 aliphatic rings. The van der Waals surface area contributed by atoms with Crippen LogP contribution in [0, 0.1) is 0 Å². The average Bonchev–Trinajstić information content (AvgIpc) is 3.15. The van der Waals surface area contributed by atoms with Crippen molar-refractivity contribution < 1.29 is 14.3 Å². The molecule has 0 fully saturated rings. The van der Waals surface area contributed by atoms with Crippen LogP contribution in [-0.4, -0.2) is 47.6 Å². The van der Waals surface area contributed by atoms with Crippen LogP contribution in [0.15, 0.2) is 53.5 Å². The predicted octanol–water partition coefficient (Wildman–Crippen LogP) is 3.88. The monoisotopic (exact) mass is 469 g/mol. The number of hydrogen-bond acceptors (Lipinski definition) is 5. The highest BCUT2D eigenvalue weighted by molar-refractivity contribution is 8.00. The lowest BCUT2D eigenvalue weighted by Gasteiger charge is -2.29. The lowest BCUT2D eigenvalue weighted by atomic mass is 10.0. The molecule has 1 aliphatic heterocycles. The number of fused-ring (bicyclic) bond motifs is 2. The minimum absolute atomic E-state index is 0.0450. The van der Waals surface area contributed by atoms with E-state index in [-0.39, 0.29) is 23.3 Å². The maximum absolute atomic E-state index is 12.8. The van der Waals surface area contributed by atoms with Gasteiger partial charge in [-0.05, 0) is 43.5 Å². The Kier molecular flexibility index (Phi) is 7.78. The molecule has 0 saturated heterocycles. The zero-order chi connectivity index (χ0) is 22.3. The number of para-hydroxylation sites is 2. The Hall–Kier alpha value is -2.42. The van der Waals surface area contributed by atoms with Gasteiger partial charge in [0.2, 0.25) is 5.91 Å². The Bertz CT molecular complexity index is 1170. The second-order valence-electron chi connectivity index (χ2n) is 7.48. The third-order valence-corrected chi connectivity index (χ3v) is 7.30.